The Balaban J connectivity index is 2.11. The highest BCUT2D eigenvalue weighted by Gasteiger charge is 2.21. The maximum Gasteiger partial charge on any atom is 0.124 e. The van der Waals surface area contributed by atoms with Crippen LogP contribution in [0.4, 0.5) is 0 Å². The largest absolute Gasteiger partial charge is 0.497 e. The van der Waals surface area contributed by atoms with Crippen molar-refractivity contribution < 1.29 is 14.2 Å². The molecule has 1 N–H and O–H groups in total. The first kappa shape index (κ1) is 12.2. The van der Waals surface area contributed by atoms with Crippen LogP contribution in [0.2, 0.25) is 0 Å². The zero-order valence-electron chi connectivity index (χ0n) is 10.4. The fraction of sp³-hybridized carbons (Fsp3) is 0.538. The van der Waals surface area contributed by atoms with E-state index < -0.39 is 0 Å². The molecule has 0 radical (unpaired) electrons. The first-order valence-corrected chi connectivity index (χ1v) is 5.88. The molecular weight excluding hydrogens is 218 g/mol. The summed E-state index contributed by atoms with van der Waals surface area (Å²) in [5.41, 5.74) is 1.17. The monoisotopic (exact) mass is 237 g/mol. The molecule has 1 aromatic rings. The molecule has 0 amide bonds. The molecule has 1 unspecified atom stereocenters. The van der Waals surface area contributed by atoms with E-state index in [0.29, 0.717) is 6.04 Å². The highest BCUT2D eigenvalue weighted by molar-refractivity contribution is 5.43. The van der Waals surface area contributed by atoms with E-state index in [4.69, 9.17) is 14.2 Å². The molecule has 1 aliphatic rings. The second-order valence-corrected chi connectivity index (χ2v) is 4.04. The van der Waals surface area contributed by atoms with Crippen LogP contribution in [0.1, 0.15) is 18.0 Å². The van der Waals surface area contributed by atoms with Crippen molar-refractivity contribution >= 4 is 0 Å². The van der Waals surface area contributed by atoms with Crippen LogP contribution in [-0.4, -0.2) is 34.0 Å². The number of methoxy groups -OCH3 is 2. The smallest absolute Gasteiger partial charge is 0.124 e. The lowest BCUT2D eigenvalue weighted by Crippen LogP contribution is -2.29. The fourth-order valence-corrected chi connectivity index (χ4v) is 2.05. The summed E-state index contributed by atoms with van der Waals surface area (Å²) < 4.78 is 15.9. The third-order valence-electron chi connectivity index (χ3n) is 2.95. The predicted molar refractivity (Wildman–Crippen MR) is 65.7 cm³/mol. The molecule has 17 heavy (non-hydrogen) atoms. The maximum atomic E-state index is 5.63. The lowest BCUT2D eigenvalue weighted by atomic mass is 10.0. The van der Waals surface area contributed by atoms with Gasteiger partial charge in [-0.1, -0.05) is 0 Å². The Morgan fingerprint density at radius 1 is 1.41 bits per heavy atom. The normalized spacial score (nSPS) is 18.4. The van der Waals surface area contributed by atoms with Gasteiger partial charge in [-0.05, 0) is 18.2 Å². The molecule has 0 aliphatic carbocycles. The third-order valence-corrected chi connectivity index (χ3v) is 2.95. The van der Waals surface area contributed by atoms with Crippen molar-refractivity contribution in [2.24, 2.45) is 0 Å². The van der Waals surface area contributed by atoms with Gasteiger partial charge in [-0.2, -0.15) is 0 Å². The average molecular weight is 237 g/mol. The van der Waals surface area contributed by atoms with Crippen molar-refractivity contribution in [3.63, 3.8) is 0 Å². The number of nitrogens with one attached hydrogen (secondary N) is 1. The molecule has 4 nitrogen and oxygen atoms in total. The predicted octanol–water partition coefficient (Wildman–Crippen LogP) is 1.75. The second kappa shape index (κ2) is 5.89. The topological polar surface area (TPSA) is 39.7 Å². The summed E-state index contributed by atoms with van der Waals surface area (Å²) in [6.07, 6.45) is 0.976. The number of benzene rings is 1. The molecule has 0 saturated heterocycles. The summed E-state index contributed by atoms with van der Waals surface area (Å²) >= 11 is 0. The van der Waals surface area contributed by atoms with Crippen molar-refractivity contribution in [1.82, 2.24) is 5.32 Å². The lowest BCUT2D eigenvalue weighted by Gasteiger charge is -2.27. The van der Waals surface area contributed by atoms with Crippen molar-refractivity contribution in [2.75, 3.05) is 34.0 Å². The maximum absolute atomic E-state index is 5.63. The van der Waals surface area contributed by atoms with Crippen LogP contribution in [0.25, 0.3) is 0 Å². The van der Waals surface area contributed by atoms with Crippen molar-refractivity contribution in [3.05, 3.63) is 23.8 Å². The van der Waals surface area contributed by atoms with E-state index in [9.17, 15) is 0 Å². The summed E-state index contributed by atoms with van der Waals surface area (Å²) in [7, 11) is 3.39. The molecule has 0 fully saturated rings. The molecule has 2 rings (SSSR count). The van der Waals surface area contributed by atoms with E-state index in [1.165, 1.54) is 5.56 Å². The molecule has 4 heteroatoms. The van der Waals surface area contributed by atoms with Crippen LogP contribution in [0.5, 0.6) is 11.5 Å². The van der Waals surface area contributed by atoms with Crippen molar-refractivity contribution in [3.8, 4) is 11.5 Å². The van der Waals surface area contributed by atoms with Gasteiger partial charge in [0.15, 0.2) is 0 Å². The van der Waals surface area contributed by atoms with E-state index in [0.717, 1.165) is 37.7 Å². The number of hydrogen-bond acceptors (Lipinski definition) is 4. The molecule has 0 aromatic heterocycles. The van der Waals surface area contributed by atoms with E-state index in [1.807, 2.05) is 18.2 Å². The van der Waals surface area contributed by atoms with Gasteiger partial charge >= 0.3 is 0 Å². The van der Waals surface area contributed by atoms with E-state index in [2.05, 4.69) is 5.32 Å². The minimum atomic E-state index is 0.323. The molecule has 1 heterocycles. The van der Waals surface area contributed by atoms with Crippen LogP contribution in [0.3, 0.4) is 0 Å². The van der Waals surface area contributed by atoms with Gasteiger partial charge in [0.05, 0.1) is 20.3 Å². The first-order valence-electron chi connectivity index (χ1n) is 5.88. The van der Waals surface area contributed by atoms with E-state index in [1.54, 1.807) is 14.2 Å². The minimum Gasteiger partial charge on any atom is -0.497 e. The Morgan fingerprint density at radius 3 is 3.06 bits per heavy atom. The van der Waals surface area contributed by atoms with Crippen LogP contribution in [0, 0.1) is 0 Å². The minimum absolute atomic E-state index is 0.323. The highest BCUT2D eigenvalue weighted by Crippen LogP contribution is 2.34. The first-order chi connectivity index (χ1) is 8.35. The van der Waals surface area contributed by atoms with E-state index in [-0.39, 0.29) is 0 Å². The third kappa shape index (κ3) is 2.90. The Labute approximate surface area is 102 Å². The Hall–Kier alpha value is -1.26. The number of fused-ring (bicyclic) bond motifs is 1. The molecule has 1 aromatic carbocycles. The zero-order valence-corrected chi connectivity index (χ0v) is 10.4. The molecular formula is C13H19NO3. The summed E-state index contributed by atoms with van der Waals surface area (Å²) in [5.74, 6) is 1.82. The standard InChI is InChI=1S/C13H19NO3/c1-15-8-6-14-12-5-7-17-13-4-3-10(16-2)9-11(12)13/h3-4,9,12,14H,5-8H2,1-2H3. The molecule has 1 atom stereocenters. The number of hydrogen-bond donors (Lipinski definition) is 1. The van der Waals surface area contributed by atoms with Crippen LogP contribution in [-0.2, 0) is 4.74 Å². The summed E-state index contributed by atoms with van der Waals surface area (Å²) in [4.78, 5) is 0. The number of ether oxygens (including phenoxy) is 3. The molecule has 1 aliphatic heterocycles. The Bertz CT molecular complexity index is 368. The van der Waals surface area contributed by atoms with Gasteiger partial charge in [-0.25, -0.2) is 0 Å². The average Bonchev–Trinajstić information content (AvgIpc) is 2.39. The van der Waals surface area contributed by atoms with Gasteiger partial charge < -0.3 is 19.5 Å². The molecule has 0 saturated carbocycles. The van der Waals surface area contributed by atoms with Gasteiger partial charge in [0.1, 0.15) is 11.5 Å². The zero-order chi connectivity index (χ0) is 12.1. The van der Waals surface area contributed by atoms with E-state index >= 15 is 0 Å². The molecule has 0 spiro atoms. The quantitative estimate of drug-likeness (QED) is 0.792. The fourth-order valence-electron chi connectivity index (χ4n) is 2.05. The molecule has 94 valence electrons. The van der Waals surface area contributed by atoms with Gasteiger partial charge in [0.2, 0.25) is 0 Å². The van der Waals surface area contributed by atoms with Crippen LogP contribution >= 0.6 is 0 Å². The summed E-state index contributed by atoms with van der Waals surface area (Å²) in [6.45, 7) is 2.32. The summed E-state index contributed by atoms with van der Waals surface area (Å²) in [5, 5.41) is 3.47. The lowest BCUT2D eigenvalue weighted by molar-refractivity contribution is 0.188. The summed E-state index contributed by atoms with van der Waals surface area (Å²) in [6, 6.07) is 6.26. The highest BCUT2D eigenvalue weighted by atomic mass is 16.5. The van der Waals surface area contributed by atoms with Crippen molar-refractivity contribution in [2.45, 2.75) is 12.5 Å². The van der Waals surface area contributed by atoms with Gasteiger partial charge in [0.25, 0.3) is 0 Å². The number of rotatable bonds is 5. The van der Waals surface area contributed by atoms with Gasteiger partial charge in [-0.15, -0.1) is 0 Å². The van der Waals surface area contributed by atoms with Gasteiger partial charge in [0, 0.05) is 31.7 Å². The van der Waals surface area contributed by atoms with Crippen LogP contribution < -0.4 is 14.8 Å². The Morgan fingerprint density at radius 2 is 2.29 bits per heavy atom. The van der Waals surface area contributed by atoms with Gasteiger partial charge in [-0.3, -0.25) is 0 Å². The van der Waals surface area contributed by atoms with Crippen LogP contribution in [0.15, 0.2) is 18.2 Å². The Kier molecular flexibility index (Phi) is 4.23. The molecule has 0 bridgehead atoms. The second-order valence-electron chi connectivity index (χ2n) is 4.04. The van der Waals surface area contributed by atoms with Crippen molar-refractivity contribution in [1.29, 1.82) is 0 Å². The SMILES string of the molecule is COCCNC1CCOc2ccc(OC)cc21.